The van der Waals surface area contributed by atoms with Crippen molar-refractivity contribution in [3.05, 3.63) is 59.4 Å². The summed E-state index contributed by atoms with van der Waals surface area (Å²) in [4.78, 5) is 30.3. The maximum absolute atomic E-state index is 13.7. The molecule has 2 aromatic carbocycles. The van der Waals surface area contributed by atoms with E-state index in [4.69, 9.17) is 18.9 Å². The van der Waals surface area contributed by atoms with Crippen LogP contribution in [0.5, 0.6) is 11.5 Å². The van der Waals surface area contributed by atoms with Gasteiger partial charge in [0.05, 0.1) is 25.0 Å². The van der Waals surface area contributed by atoms with Crippen LogP contribution in [0, 0.1) is 5.82 Å². The maximum Gasteiger partial charge on any atom is 0.262 e. The first-order valence-electron chi connectivity index (χ1n) is 12.6. The number of hydrogen-bond acceptors (Lipinski definition) is 8. The Labute approximate surface area is 220 Å². The molecule has 202 valence electrons. The lowest BCUT2D eigenvalue weighted by molar-refractivity contribution is -0.143. The van der Waals surface area contributed by atoms with Gasteiger partial charge in [-0.2, -0.15) is 5.10 Å². The lowest BCUT2D eigenvalue weighted by Gasteiger charge is -2.31. The first-order valence-corrected chi connectivity index (χ1v) is 12.6. The van der Waals surface area contributed by atoms with Crippen molar-refractivity contribution in [1.82, 2.24) is 14.8 Å². The van der Waals surface area contributed by atoms with Gasteiger partial charge in [-0.1, -0.05) is 18.2 Å². The molecule has 0 aromatic heterocycles. The number of methoxy groups -OCH3 is 1. The first kappa shape index (κ1) is 26.1. The second-order valence-electron chi connectivity index (χ2n) is 9.33. The fraction of sp³-hybridized carbons (Fsp3) is 0.444. The van der Waals surface area contributed by atoms with E-state index in [9.17, 15) is 14.0 Å². The molecule has 11 heteroatoms. The van der Waals surface area contributed by atoms with Crippen LogP contribution in [-0.4, -0.2) is 98.8 Å². The molecule has 3 aliphatic heterocycles. The lowest BCUT2D eigenvalue weighted by Crippen LogP contribution is -2.47. The van der Waals surface area contributed by atoms with Crippen LogP contribution in [-0.2, 0) is 19.1 Å². The maximum atomic E-state index is 13.7. The molecule has 0 bridgehead atoms. The van der Waals surface area contributed by atoms with Crippen molar-refractivity contribution in [2.75, 3.05) is 66.4 Å². The van der Waals surface area contributed by atoms with Gasteiger partial charge in [0.15, 0.2) is 11.5 Å². The zero-order valence-corrected chi connectivity index (χ0v) is 21.3. The number of benzene rings is 2. The average Bonchev–Trinajstić information content (AvgIpc) is 3.59. The summed E-state index contributed by atoms with van der Waals surface area (Å²) in [6.45, 7) is 3.75. The number of rotatable bonds is 9. The van der Waals surface area contributed by atoms with Gasteiger partial charge in [-0.25, -0.2) is 9.40 Å². The summed E-state index contributed by atoms with van der Waals surface area (Å²) in [5.74, 6) is 0.309. The molecular weight excluding hydrogens is 495 g/mol. The van der Waals surface area contributed by atoms with Crippen LogP contribution < -0.4 is 9.47 Å². The van der Waals surface area contributed by atoms with Gasteiger partial charge < -0.3 is 23.8 Å². The topological polar surface area (TPSA) is 93.1 Å². The van der Waals surface area contributed by atoms with Gasteiger partial charge in [0.1, 0.15) is 19.0 Å². The molecule has 1 unspecified atom stereocenters. The van der Waals surface area contributed by atoms with Gasteiger partial charge in [-0.3, -0.25) is 14.5 Å². The van der Waals surface area contributed by atoms with E-state index in [1.165, 1.54) is 29.2 Å². The Hall–Kier alpha value is -3.54. The van der Waals surface area contributed by atoms with Crippen LogP contribution in [0.1, 0.15) is 23.6 Å². The zero-order chi connectivity index (χ0) is 26.5. The highest BCUT2D eigenvalue weighted by Crippen LogP contribution is 2.39. The third kappa shape index (κ3) is 5.95. The monoisotopic (exact) mass is 526 g/mol. The van der Waals surface area contributed by atoms with Crippen LogP contribution in [0.25, 0.3) is 0 Å². The van der Waals surface area contributed by atoms with E-state index < -0.39 is 6.04 Å². The largest absolute Gasteiger partial charge is 0.454 e. The van der Waals surface area contributed by atoms with Crippen LogP contribution >= 0.6 is 0 Å². The molecular formula is C27H31FN4O6. The highest BCUT2D eigenvalue weighted by Gasteiger charge is 2.35. The molecule has 1 fully saturated rings. The molecule has 10 nitrogen and oxygen atoms in total. The van der Waals surface area contributed by atoms with Crippen molar-refractivity contribution in [3.8, 4) is 11.5 Å². The van der Waals surface area contributed by atoms with E-state index in [2.05, 4.69) is 10.0 Å². The van der Waals surface area contributed by atoms with Gasteiger partial charge in [0.2, 0.25) is 12.7 Å². The molecule has 3 aliphatic rings. The highest BCUT2D eigenvalue weighted by atomic mass is 19.1. The number of ether oxygens (including phenoxy) is 4. The van der Waals surface area contributed by atoms with Gasteiger partial charge in [-0.15, -0.1) is 0 Å². The Bertz CT molecular complexity index is 1180. The molecule has 0 radical (unpaired) electrons. The number of fused-ring (bicyclic) bond motifs is 1. The number of amides is 2. The molecule has 1 atom stereocenters. The quantitative estimate of drug-likeness (QED) is 0.494. The summed E-state index contributed by atoms with van der Waals surface area (Å²) in [5, 5.41) is 6.09. The van der Waals surface area contributed by atoms with Crippen LogP contribution in [0.4, 0.5) is 4.39 Å². The number of hydrazone groups is 1. The Balaban J connectivity index is 1.37. The molecule has 0 N–H and O–H groups in total. The van der Waals surface area contributed by atoms with Crippen molar-refractivity contribution >= 4 is 17.5 Å². The average molecular weight is 527 g/mol. The van der Waals surface area contributed by atoms with Crippen LogP contribution in [0.15, 0.2) is 47.6 Å². The lowest BCUT2D eigenvalue weighted by atomic mass is 9.98. The van der Waals surface area contributed by atoms with Crippen molar-refractivity contribution < 1.29 is 32.9 Å². The Morgan fingerprint density at radius 2 is 1.87 bits per heavy atom. The van der Waals surface area contributed by atoms with Gasteiger partial charge >= 0.3 is 0 Å². The molecule has 1 saturated heterocycles. The van der Waals surface area contributed by atoms with E-state index in [1.54, 1.807) is 12.1 Å². The summed E-state index contributed by atoms with van der Waals surface area (Å²) in [6, 6.07) is 11.2. The van der Waals surface area contributed by atoms with E-state index in [0.29, 0.717) is 49.9 Å². The molecule has 0 spiro atoms. The molecule has 0 aliphatic carbocycles. The van der Waals surface area contributed by atoms with Gasteiger partial charge in [0, 0.05) is 39.7 Å². The standard InChI is InChI=1S/C27H31FN4O6/c1-35-17-27(34)31(9-8-30-10-12-36-13-11-30)16-26(33)32-23(20-4-7-24-25(14-20)38-18-37-24)15-22(29-32)19-2-5-21(28)6-3-19/h2-7,14,23H,8-13,15-18H2,1H3. The summed E-state index contributed by atoms with van der Waals surface area (Å²) in [5.41, 5.74) is 2.21. The van der Waals surface area contributed by atoms with Gasteiger partial charge in [-0.05, 0) is 35.4 Å². The number of hydrogen-bond donors (Lipinski definition) is 0. The molecule has 3 heterocycles. The minimum Gasteiger partial charge on any atom is -0.454 e. The normalized spacial score (nSPS) is 18.9. The van der Waals surface area contributed by atoms with Gasteiger partial charge in [0.25, 0.3) is 5.91 Å². The molecule has 5 rings (SSSR count). The minimum atomic E-state index is -0.421. The van der Waals surface area contributed by atoms with E-state index >= 15 is 0 Å². The third-order valence-electron chi connectivity index (χ3n) is 6.86. The molecule has 2 amide bonds. The molecule has 0 saturated carbocycles. The number of halogens is 1. The number of carbonyl (C=O) groups excluding carboxylic acids is 2. The summed E-state index contributed by atoms with van der Waals surface area (Å²) in [7, 11) is 1.45. The molecule has 38 heavy (non-hydrogen) atoms. The second-order valence-corrected chi connectivity index (χ2v) is 9.33. The summed E-state index contributed by atoms with van der Waals surface area (Å²) in [6.07, 6.45) is 0.427. The minimum absolute atomic E-state index is 0.119. The second kappa shape index (κ2) is 11.9. The fourth-order valence-electron chi connectivity index (χ4n) is 4.77. The SMILES string of the molecule is COCC(=O)N(CCN1CCOCC1)CC(=O)N1N=C(c2ccc(F)cc2)CC1c1ccc2c(c1)OCO2. The highest BCUT2D eigenvalue weighted by molar-refractivity contribution is 6.03. The van der Waals surface area contributed by atoms with Crippen molar-refractivity contribution in [1.29, 1.82) is 0 Å². The van der Waals surface area contributed by atoms with E-state index in [-0.39, 0.29) is 37.6 Å². The first-order chi connectivity index (χ1) is 18.5. The number of nitrogens with zero attached hydrogens (tertiary/aromatic N) is 4. The number of morpholine rings is 1. The Kier molecular flexibility index (Phi) is 8.16. The predicted octanol–water partition coefficient (Wildman–Crippen LogP) is 2.04. The predicted molar refractivity (Wildman–Crippen MR) is 135 cm³/mol. The van der Waals surface area contributed by atoms with Crippen LogP contribution in [0.2, 0.25) is 0 Å². The molecule has 2 aromatic rings. The van der Waals surface area contributed by atoms with Crippen molar-refractivity contribution in [3.63, 3.8) is 0 Å². The van der Waals surface area contributed by atoms with E-state index in [1.807, 2.05) is 18.2 Å². The third-order valence-corrected chi connectivity index (χ3v) is 6.86. The smallest absolute Gasteiger partial charge is 0.262 e. The summed E-state index contributed by atoms with van der Waals surface area (Å²) >= 11 is 0. The van der Waals surface area contributed by atoms with Crippen molar-refractivity contribution in [2.45, 2.75) is 12.5 Å². The fourth-order valence-corrected chi connectivity index (χ4v) is 4.77. The van der Waals surface area contributed by atoms with Crippen LogP contribution in [0.3, 0.4) is 0 Å². The number of carbonyl (C=O) groups is 2. The van der Waals surface area contributed by atoms with E-state index in [0.717, 1.165) is 24.2 Å². The summed E-state index contributed by atoms with van der Waals surface area (Å²) < 4.78 is 35.0. The Morgan fingerprint density at radius 3 is 2.63 bits per heavy atom. The van der Waals surface area contributed by atoms with Crippen molar-refractivity contribution in [2.24, 2.45) is 5.10 Å². The Morgan fingerprint density at radius 1 is 1.11 bits per heavy atom. The zero-order valence-electron chi connectivity index (χ0n) is 21.3.